The molecule has 0 saturated carbocycles. The largest absolute Gasteiger partial charge is 0.338 e. The number of aromatic nitrogens is 2. The summed E-state index contributed by atoms with van der Waals surface area (Å²) in [6, 6.07) is 12.2. The highest BCUT2D eigenvalue weighted by Gasteiger charge is 2.38. The average Bonchev–Trinajstić information content (AvgIpc) is 2.98. The molecule has 0 bridgehead atoms. The number of aryl methyl sites for hydroxylation is 1. The van der Waals surface area contributed by atoms with Crippen LogP contribution in [0.2, 0.25) is 0 Å². The van der Waals surface area contributed by atoms with Gasteiger partial charge >= 0.3 is 0 Å². The fraction of sp³-hybridized carbons (Fsp3) is 0.222. The molecule has 1 amide bonds. The van der Waals surface area contributed by atoms with Crippen LogP contribution in [0.15, 0.2) is 36.4 Å². The van der Waals surface area contributed by atoms with E-state index >= 15 is 0 Å². The number of amides is 1. The van der Waals surface area contributed by atoms with Crippen molar-refractivity contribution < 1.29 is 4.79 Å². The number of H-pyrrole nitrogens is 1. The van der Waals surface area contributed by atoms with Gasteiger partial charge in [0, 0.05) is 11.3 Å². The molecule has 2 N–H and O–H groups in total. The van der Waals surface area contributed by atoms with Gasteiger partial charge < -0.3 is 10.3 Å². The Bertz CT molecular complexity index is 921. The number of carbonyl (C=O) groups is 1. The third kappa shape index (κ3) is 1.77. The van der Waals surface area contributed by atoms with Crippen LogP contribution >= 0.6 is 0 Å². The smallest absolute Gasteiger partial charge is 0.234 e. The SMILES string of the molecule is Cc1ccc2nc(-c3ccc4c(c3)NC(=O)C4(C)C)[nH]c2c1. The molecular formula is C18H17N3O. The summed E-state index contributed by atoms with van der Waals surface area (Å²) in [5.41, 5.74) is 5.60. The normalized spacial score (nSPS) is 15.9. The van der Waals surface area contributed by atoms with Gasteiger partial charge in [-0.05, 0) is 50.1 Å². The zero-order chi connectivity index (χ0) is 15.5. The number of fused-ring (bicyclic) bond motifs is 2. The molecule has 4 rings (SSSR count). The van der Waals surface area contributed by atoms with E-state index in [1.165, 1.54) is 5.56 Å². The first-order valence-corrected chi connectivity index (χ1v) is 7.38. The molecule has 0 saturated heterocycles. The molecule has 2 aromatic carbocycles. The van der Waals surface area contributed by atoms with E-state index in [0.717, 1.165) is 33.7 Å². The molecule has 4 nitrogen and oxygen atoms in total. The van der Waals surface area contributed by atoms with Crippen molar-refractivity contribution in [3.63, 3.8) is 0 Å². The molecule has 1 aliphatic heterocycles. The molecule has 3 aromatic rings. The maximum Gasteiger partial charge on any atom is 0.234 e. The van der Waals surface area contributed by atoms with Crippen molar-refractivity contribution in [2.75, 3.05) is 5.32 Å². The van der Waals surface area contributed by atoms with E-state index in [2.05, 4.69) is 34.3 Å². The van der Waals surface area contributed by atoms with E-state index in [0.29, 0.717) is 0 Å². The average molecular weight is 291 g/mol. The van der Waals surface area contributed by atoms with Crippen molar-refractivity contribution >= 4 is 22.6 Å². The van der Waals surface area contributed by atoms with Gasteiger partial charge in [0.15, 0.2) is 0 Å². The first-order chi connectivity index (χ1) is 10.4. The number of nitrogens with one attached hydrogen (secondary N) is 2. The molecule has 1 aromatic heterocycles. The Labute approximate surface area is 128 Å². The predicted octanol–water partition coefficient (Wildman–Crippen LogP) is 3.77. The van der Waals surface area contributed by atoms with E-state index in [1.807, 2.05) is 38.1 Å². The highest BCUT2D eigenvalue weighted by molar-refractivity contribution is 6.06. The maximum atomic E-state index is 12.0. The van der Waals surface area contributed by atoms with Crippen LogP contribution in [-0.2, 0) is 10.2 Å². The lowest BCUT2D eigenvalue weighted by Crippen LogP contribution is -2.26. The molecule has 0 unspecified atom stereocenters. The molecule has 1 aliphatic rings. The van der Waals surface area contributed by atoms with Gasteiger partial charge in [-0.25, -0.2) is 4.98 Å². The lowest BCUT2D eigenvalue weighted by atomic mass is 9.86. The van der Waals surface area contributed by atoms with E-state index in [9.17, 15) is 4.79 Å². The molecule has 0 fully saturated rings. The third-order valence-electron chi connectivity index (χ3n) is 4.42. The first-order valence-electron chi connectivity index (χ1n) is 7.38. The molecule has 0 atom stereocenters. The highest BCUT2D eigenvalue weighted by atomic mass is 16.2. The van der Waals surface area contributed by atoms with Crippen LogP contribution in [0.25, 0.3) is 22.4 Å². The molecule has 4 heteroatoms. The number of hydrogen-bond donors (Lipinski definition) is 2. The fourth-order valence-electron chi connectivity index (χ4n) is 3.00. The summed E-state index contributed by atoms with van der Waals surface area (Å²) >= 11 is 0. The number of benzene rings is 2. The van der Waals surface area contributed by atoms with Crippen molar-refractivity contribution in [2.24, 2.45) is 0 Å². The second kappa shape index (κ2) is 4.19. The van der Waals surface area contributed by atoms with E-state index < -0.39 is 5.41 Å². The van der Waals surface area contributed by atoms with Gasteiger partial charge in [-0.1, -0.05) is 18.2 Å². The molecule has 0 aliphatic carbocycles. The molecular weight excluding hydrogens is 274 g/mol. The Morgan fingerprint density at radius 1 is 1.09 bits per heavy atom. The van der Waals surface area contributed by atoms with Gasteiger partial charge in [-0.3, -0.25) is 4.79 Å². The van der Waals surface area contributed by atoms with Gasteiger partial charge in [0.25, 0.3) is 0 Å². The van der Waals surface area contributed by atoms with Crippen LogP contribution in [0.3, 0.4) is 0 Å². The van der Waals surface area contributed by atoms with Gasteiger partial charge in [-0.2, -0.15) is 0 Å². The van der Waals surface area contributed by atoms with Crippen molar-refractivity contribution in [3.05, 3.63) is 47.5 Å². The number of rotatable bonds is 1. The minimum absolute atomic E-state index is 0.0416. The molecule has 110 valence electrons. The molecule has 0 radical (unpaired) electrons. The van der Waals surface area contributed by atoms with Gasteiger partial charge in [-0.15, -0.1) is 0 Å². The van der Waals surface area contributed by atoms with Crippen LogP contribution in [-0.4, -0.2) is 15.9 Å². The summed E-state index contributed by atoms with van der Waals surface area (Å²) in [6.07, 6.45) is 0. The third-order valence-corrected chi connectivity index (χ3v) is 4.42. The zero-order valence-corrected chi connectivity index (χ0v) is 12.8. The number of anilines is 1. The maximum absolute atomic E-state index is 12.0. The monoisotopic (exact) mass is 291 g/mol. The summed E-state index contributed by atoms with van der Waals surface area (Å²) in [5, 5.41) is 2.96. The number of carbonyl (C=O) groups excluding carboxylic acids is 1. The minimum atomic E-state index is -0.473. The molecule has 0 spiro atoms. The fourth-order valence-corrected chi connectivity index (χ4v) is 3.00. The van der Waals surface area contributed by atoms with Crippen molar-refractivity contribution in [3.8, 4) is 11.4 Å². The summed E-state index contributed by atoms with van der Waals surface area (Å²) in [6.45, 7) is 5.95. The topological polar surface area (TPSA) is 57.8 Å². The minimum Gasteiger partial charge on any atom is -0.338 e. The molecule has 2 heterocycles. The summed E-state index contributed by atoms with van der Waals surface area (Å²) in [7, 11) is 0. The Balaban J connectivity index is 1.83. The number of nitrogens with zero attached hydrogens (tertiary/aromatic N) is 1. The van der Waals surface area contributed by atoms with Crippen molar-refractivity contribution in [1.29, 1.82) is 0 Å². The van der Waals surface area contributed by atoms with Crippen molar-refractivity contribution in [2.45, 2.75) is 26.2 Å². The van der Waals surface area contributed by atoms with Crippen LogP contribution in [0, 0.1) is 6.92 Å². The lowest BCUT2D eigenvalue weighted by molar-refractivity contribution is -0.119. The summed E-state index contributed by atoms with van der Waals surface area (Å²) in [5.74, 6) is 0.863. The Morgan fingerprint density at radius 3 is 2.73 bits per heavy atom. The Morgan fingerprint density at radius 2 is 1.91 bits per heavy atom. The van der Waals surface area contributed by atoms with E-state index in [1.54, 1.807) is 0 Å². The predicted molar refractivity (Wildman–Crippen MR) is 87.9 cm³/mol. The highest BCUT2D eigenvalue weighted by Crippen LogP contribution is 2.39. The summed E-state index contributed by atoms with van der Waals surface area (Å²) < 4.78 is 0. The number of imidazole rings is 1. The second-order valence-electron chi connectivity index (χ2n) is 6.45. The number of hydrogen-bond acceptors (Lipinski definition) is 2. The zero-order valence-electron chi connectivity index (χ0n) is 12.8. The number of aromatic amines is 1. The molecule has 22 heavy (non-hydrogen) atoms. The quantitative estimate of drug-likeness (QED) is 0.717. The van der Waals surface area contributed by atoms with Crippen LogP contribution in [0.4, 0.5) is 5.69 Å². The first kappa shape index (κ1) is 13.1. The summed E-state index contributed by atoms with van der Waals surface area (Å²) in [4.78, 5) is 20.0. The van der Waals surface area contributed by atoms with Gasteiger partial charge in [0.05, 0.1) is 16.4 Å². The second-order valence-corrected chi connectivity index (χ2v) is 6.45. The van der Waals surface area contributed by atoms with Crippen LogP contribution in [0.1, 0.15) is 25.0 Å². The van der Waals surface area contributed by atoms with Crippen LogP contribution < -0.4 is 5.32 Å². The Hall–Kier alpha value is -2.62. The lowest BCUT2D eigenvalue weighted by Gasteiger charge is -2.14. The van der Waals surface area contributed by atoms with Crippen LogP contribution in [0.5, 0.6) is 0 Å². The standard InChI is InChI=1S/C18H17N3O/c1-10-4-7-13-15(8-10)20-16(19-13)11-5-6-12-14(9-11)21-17(22)18(12,2)3/h4-9H,1-3H3,(H,19,20)(H,21,22). The van der Waals surface area contributed by atoms with Crippen molar-refractivity contribution in [1.82, 2.24) is 9.97 Å². The van der Waals surface area contributed by atoms with E-state index in [4.69, 9.17) is 0 Å². The van der Waals surface area contributed by atoms with E-state index in [-0.39, 0.29) is 5.91 Å². The Kier molecular flexibility index (Phi) is 2.49. The van der Waals surface area contributed by atoms with Gasteiger partial charge in [0.2, 0.25) is 5.91 Å². The van der Waals surface area contributed by atoms with Gasteiger partial charge in [0.1, 0.15) is 5.82 Å².